The molecular formula is C8H10BrN. The highest BCUT2D eigenvalue weighted by Gasteiger charge is 1.91. The summed E-state index contributed by atoms with van der Waals surface area (Å²) in [6.45, 7) is -3.06. The first-order chi connectivity index (χ1) is 7.50. The Labute approximate surface area is 79.4 Å². The van der Waals surface area contributed by atoms with Crippen molar-refractivity contribution in [3.05, 3.63) is 28.5 Å². The largest absolute Gasteiger partial charge is 0.263 e. The number of rotatable bonds is 2. The Morgan fingerprint density at radius 2 is 2.70 bits per heavy atom. The molecule has 1 nitrogen and oxygen atoms in total. The molecule has 1 aromatic heterocycles. The third-order valence-corrected chi connectivity index (χ3v) is 1.35. The van der Waals surface area contributed by atoms with Crippen LogP contribution in [-0.4, -0.2) is 4.98 Å². The summed E-state index contributed by atoms with van der Waals surface area (Å²) in [5, 5.41) is 0. The molecule has 0 saturated heterocycles. The number of nitrogens with zero attached hydrogens (tertiary/aromatic N) is 1. The molecular weight excluding hydrogens is 190 g/mol. The molecule has 0 amide bonds. The predicted octanol–water partition coefficient (Wildman–Crippen LogP) is 2.80. The minimum absolute atomic E-state index is 0.118. The van der Waals surface area contributed by atoms with Gasteiger partial charge < -0.3 is 0 Å². The first-order valence-electron chi connectivity index (χ1n) is 6.11. The Kier molecular flexibility index (Phi) is 0.963. The number of hydrogen-bond acceptors (Lipinski definition) is 1. The van der Waals surface area contributed by atoms with Crippen molar-refractivity contribution in [1.82, 2.24) is 4.98 Å². The molecule has 0 unspecified atom stereocenters. The standard InChI is InChI=1S/C8H10BrN/c1-2-3-7-4-8(9)6-10-5-7/h4-6H,2-3H2,1H3/i1D3,2D2,3D2. The molecule has 54 valence electrons. The summed E-state index contributed by atoms with van der Waals surface area (Å²) in [4.78, 5) is 3.71. The van der Waals surface area contributed by atoms with Gasteiger partial charge in [0.25, 0.3) is 0 Å². The van der Waals surface area contributed by atoms with Crippen LogP contribution in [0.5, 0.6) is 0 Å². The van der Waals surface area contributed by atoms with Crippen molar-refractivity contribution in [2.45, 2.75) is 19.6 Å². The summed E-state index contributed by atoms with van der Waals surface area (Å²) < 4.78 is 52.0. The van der Waals surface area contributed by atoms with Crippen LogP contribution in [0.3, 0.4) is 0 Å². The maximum absolute atomic E-state index is 7.69. The zero-order valence-corrected chi connectivity index (χ0v) is 6.64. The van der Waals surface area contributed by atoms with Crippen molar-refractivity contribution in [2.75, 3.05) is 0 Å². The fourth-order valence-corrected chi connectivity index (χ4v) is 0.917. The van der Waals surface area contributed by atoms with Gasteiger partial charge in [-0.2, -0.15) is 0 Å². The van der Waals surface area contributed by atoms with Gasteiger partial charge in [0.15, 0.2) is 0 Å². The lowest BCUT2D eigenvalue weighted by Gasteiger charge is -1.96. The van der Waals surface area contributed by atoms with E-state index in [1.54, 1.807) is 0 Å². The van der Waals surface area contributed by atoms with Crippen molar-refractivity contribution in [3.8, 4) is 0 Å². The molecule has 1 aromatic rings. The Balaban J connectivity index is 3.28. The molecule has 1 rings (SSSR count). The molecule has 0 aliphatic rings. The first-order valence-corrected chi connectivity index (χ1v) is 3.40. The van der Waals surface area contributed by atoms with E-state index in [1.807, 2.05) is 0 Å². The Morgan fingerprint density at radius 3 is 3.40 bits per heavy atom. The van der Waals surface area contributed by atoms with E-state index in [1.165, 1.54) is 12.3 Å². The monoisotopic (exact) mass is 206 g/mol. The summed E-state index contributed by atoms with van der Waals surface area (Å²) in [7, 11) is 0. The summed E-state index contributed by atoms with van der Waals surface area (Å²) in [6, 6.07) is 1.32. The van der Waals surface area contributed by atoms with Gasteiger partial charge in [-0.05, 0) is 33.9 Å². The lowest BCUT2D eigenvalue weighted by atomic mass is 10.2. The molecule has 0 N–H and O–H groups in total. The first kappa shape index (κ1) is 2.59. The van der Waals surface area contributed by atoms with Crippen molar-refractivity contribution >= 4 is 15.9 Å². The minimum atomic E-state index is -3.06. The van der Waals surface area contributed by atoms with Crippen LogP contribution >= 0.6 is 15.9 Å². The molecule has 0 aliphatic heterocycles. The van der Waals surface area contributed by atoms with E-state index in [0.717, 1.165) is 6.20 Å². The van der Waals surface area contributed by atoms with Gasteiger partial charge in [0.05, 0.1) is 0 Å². The molecule has 0 saturated carbocycles. The molecule has 0 aromatic carbocycles. The SMILES string of the molecule is [2H]C([2H])([2H])C([2H])([2H])C([2H])([2H])c1cncc(Br)c1. The second-order valence-electron chi connectivity index (χ2n) is 1.64. The Morgan fingerprint density at radius 1 is 1.80 bits per heavy atom. The van der Waals surface area contributed by atoms with Crippen LogP contribution in [0.15, 0.2) is 22.9 Å². The number of hydrogen-bond donors (Lipinski definition) is 0. The summed E-state index contributed by atoms with van der Waals surface area (Å²) >= 11 is 3.08. The topological polar surface area (TPSA) is 12.9 Å². The zero-order valence-electron chi connectivity index (χ0n) is 12.1. The highest BCUT2D eigenvalue weighted by molar-refractivity contribution is 9.10. The third kappa shape index (κ3) is 2.10. The molecule has 0 fully saturated rings. The van der Waals surface area contributed by atoms with E-state index in [-0.39, 0.29) is 5.56 Å². The second kappa shape index (κ2) is 3.71. The minimum Gasteiger partial charge on any atom is -0.263 e. The van der Waals surface area contributed by atoms with Crippen molar-refractivity contribution in [3.63, 3.8) is 0 Å². The summed E-state index contributed by atoms with van der Waals surface area (Å²) in [5.74, 6) is 0. The summed E-state index contributed by atoms with van der Waals surface area (Å²) in [6.07, 6.45) is -3.13. The van der Waals surface area contributed by atoms with Gasteiger partial charge in [-0.3, -0.25) is 4.98 Å². The Hall–Kier alpha value is -0.370. The van der Waals surface area contributed by atoms with Crippen LogP contribution in [0.25, 0.3) is 0 Å². The van der Waals surface area contributed by atoms with Crippen molar-refractivity contribution in [2.24, 2.45) is 0 Å². The molecule has 0 radical (unpaired) electrons. The average Bonchev–Trinajstić information content (AvgIpc) is 2.15. The van der Waals surface area contributed by atoms with E-state index < -0.39 is 19.6 Å². The predicted molar refractivity (Wildman–Crippen MR) is 45.9 cm³/mol. The normalized spacial score (nSPS) is 24.3. The van der Waals surface area contributed by atoms with E-state index in [4.69, 9.17) is 9.60 Å². The van der Waals surface area contributed by atoms with E-state index in [0.29, 0.717) is 4.47 Å². The number of aryl methyl sites for hydroxylation is 1. The van der Waals surface area contributed by atoms with Gasteiger partial charge in [-0.25, -0.2) is 0 Å². The second-order valence-corrected chi connectivity index (χ2v) is 2.56. The molecule has 10 heavy (non-hydrogen) atoms. The highest BCUT2D eigenvalue weighted by Crippen LogP contribution is 2.10. The lowest BCUT2D eigenvalue weighted by molar-refractivity contribution is 0.912. The van der Waals surface area contributed by atoms with Gasteiger partial charge in [0.2, 0.25) is 0 Å². The van der Waals surface area contributed by atoms with Gasteiger partial charge in [-0.1, -0.05) is 13.2 Å². The van der Waals surface area contributed by atoms with Gasteiger partial charge >= 0.3 is 0 Å². The summed E-state index contributed by atoms with van der Waals surface area (Å²) in [5.41, 5.74) is -0.118. The van der Waals surface area contributed by atoms with Crippen molar-refractivity contribution in [1.29, 1.82) is 0 Å². The van der Waals surface area contributed by atoms with E-state index in [9.17, 15) is 0 Å². The fourth-order valence-electron chi connectivity index (χ4n) is 0.552. The van der Waals surface area contributed by atoms with E-state index >= 15 is 0 Å². The Bertz CT molecular complexity index is 415. The average molecular weight is 207 g/mol. The molecule has 0 aliphatic carbocycles. The maximum Gasteiger partial charge on any atom is 0.0410 e. The van der Waals surface area contributed by atoms with Crippen LogP contribution in [0, 0.1) is 0 Å². The molecule has 0 bridgehead atoms. The quantitative estimate of drug-likeness (QED) is 0.726. The number of pyridine rings is 1. The smallest absolute Gasteiger partial charge is 0.0410 e. The van der Waals surface area contributed by atoms with E-state index in [2.05, 4.69) is 20.9 Å². The van der Waals surface area contributed by atoms with Crippen LogP contribution < -0.4 is 0 Å². The van der Waals surface area contributed by atoms with Gasteiger partial charge in [-0.15, -0.1) is 0 Å². The molecule has 2 heteroatoms. The fraction of sp³-hybridized carbons (Fsp3) is 0.375. The highest BCUT2D eigenvalue weighted by atomic mass is 79.9. The van der Waals surface area contributed by atoms with Crippen LogP contribution in [-0.2, 0) is 6.37 Å². The van der Waals surface area contributed by atoms with Crippen molar-refractivity contribution < 1.29 is 9.60 Å². The van der Waals surface area contributed by atoms with Crippen LogP contribution in [0.2, 0.25) is 0 Å². The molecule has 0 atom stereocenters. The maximum atomic E-state index is 7.69. The lowest BCUT2D eigenvalue weighted by Crippen LogP contribution is -1.83. The van der Waals surface area contributed by atoms with Gasteiger partial charge in [0, 0.05) is 26.5 Å². The number of aromatic nitrogens is 1. The van der Waals surface area contributed by atoms with Crippen LogP contribution in [0.1, 0.15) is 28.4 Å². The van der Waals surface area contributed by atoms with Gasteiger partial charge in [0.1, 0.15) is 0 Å². The van der Waals surface area contributed by atoms with Crippen LogP contribution in [0.4, 0.5) is 0 Å². The zero-order chi connectivity index (χ0) is 13.5. The molecule has 0 spiro atoms. The number of halogens is 1. The third-order valence-electron chi connectivity index (χ3n) is 0.912. The molecule has 1 heterocycles.